The van der Waals surface area contributed by atoms with Crippen LogP contribution in [0, 0.1) is 0 Å². The highest BCUT2D eigenvalue weighted by molar-refractivity contribution is 7.87. The standard InChI is InChI=1S/C21H19NO4S/c1-2-25-21-15-17(16-22-18-9-5-3-6-10-18)13-14-20(21)26-27(23,24)19-11-7-4-8-12-19/h3-16H,2H2,1H3. The number of rotatable bonds is 7. The second-order valence-corrected chi connectivity index (χ2v) is 7.13. The van der Waals surface area contributed by atoms with Gasteiger partial charge in [0.1, 0.15) is 4.90 Å². The zero-order valence-corrected chi connectivity index (χ0v) is 15.6. The molecule has 6 heteroatoms. The van der Waals surface area contributed by atoms with E-state index in [9.17, 15) is 8.42 Å². The van der Waals surface area contributed by atoms with Crippen molar-refractivity contribution in [2.75, 3.05) is 6.61 Å². The Bertz CT molecular complexity index is 1020. The molecule has 0 atom stereocenters. The van der Waals surface area contributed by atoms with Crippen molar-refractivity contribution < 1.29 is 17.3 Å². The smallest absolute Gasteiger partial charge is 0.339 e. The van der Waals surface area contributed by atoms with Gasteiger partial charge >= 0.3 is 10.1 Å². The molecule has 0 amide bonds. The van der Waals surface area contributed by atoms with Gasteiger partial charge < -0.3 is 8.92 Å². The fourth-order valence-corrected chi connectivity index (χ4v) is 3.32. The molecular formula is C21H19NO4S. The zero-order valence-electron chi connectivity index (χ0n) is 14.8. The van der Waals surface area contributed by atoms with Crippen LogP contribution in [0.15, 0.2) is 88.8 Å². The number of hydrogen-bond acceptors (Lipinski definition) is 5. The normalized spacial score (nSPS) is 11.4. The molecule has 0 saturated carbocycles. The monoisotopic (exact) mass is 381 g/mol. The molecular weight excluding hydrogens is 362 g/mol. The Kier molecular flexibility index (Phi) is 5.88. The Hall–Kier alpha value is -3.12. The average molecular weight is 381 g/mol. The number of ether oxygens (including phenoxy) is 1. The highest BCUT2D eigenvalue weighted by Crippen LogP contribution is 2.31. The predicted molar refractivity (Wildman–Crippen MR) is 106 cm³/mol. The molecule has 3 aromatic rings. The van der Waals surface area contributed by atoms with Crippen molar-refractivity contribution in [2.24, 2.45) is 4.99 Å². The van der Waals surface area contributed by atoms with Crippen LogP contribution in [-0.2, 0) is 10.1 Å². The summed E-state index contributed by atoms with van der Waals surface area (Å²) >= 11 is 0. The second kappa shape index (κ2) is 8.51. The highest BCUT2D eigenvalue weighted by Gasteiger charge is 2.19. The van der Waals surface area contributed by atoms with Crippen molar-refractivity contribution in [1.29, 1.82) is 0 Å². The van der Waals surface area contributed by atoms with Crippen molar-refractivity contribution in [3.05, 3.63) is 84.4 Å². The largest absolute Gasteiger partial charge is 0.490 e. The number of nitrogens with zero attached hydrogens (tertiary/aromatic N) is 1. The molecule has 138 valence electrons. The van der Waals surface area contributed by atoms with Crippen LogP contribution >= 0.6 is 0 Å². The molecule has 0 saturated heterocycles. The zero-order chi connectivity index (χ0) is 19.1. The van der Waals surface area contributed by atoms with E-state index in [0.29, 0.717) is 12.4 Å². The maximum atomic E-state index is 12.4. The van der Waals surface area contributed by atoms with E-state index < -0.39 is 10.1 Å². The lowest BCUT2D eigenvalue weighted by Gasteiger charge is -2.12. The molecule has 0 heterocycles. The van der Waals surface area contributed by atoms with Gasteiger partial charge in [-0.25, -0.2) is 0 Å². The van der Waals surface area contributed by atoms with E-state index in [1.165, 1.54) is 12.1 Å². The van der Waals surface area contributed by atoms with Crippen molar-refractivity contribution in [1.82, 2.24) is 0 Å². The van der Waals surface area contributed by atoms with Crippen molar-refractivity contribution in [3.8, 4) is 11.5 Å². The maximum absolute atomic E-state index is 12.4. The third kappa shape index (κ3) is 4.95. The summed E-state index contributed by atoms with van der Waals surface area (Å²) in [7, 11) is -3.94. The quantitative estimate of drug-likeness (QED) is 0.443. The van der Waals surface area contributed by atoms with E-state index in [4.69, 9.17) is 8.92 Å². The van der Waals surface area contributed by atoms with Crippen LogP contribution in [0.1, 0.15) is 12.5 Å². The average Bonchev–Trinajstić information content (AvgIpc) is 2.70. The van der Waals surface area contributed by atoms with Gasteiger partial charge in [0.2, 0.25) is 0 Å². The Morgan fingerprint density at radius 3 is 2.22 bits per heavy atom. The summed E-state index contributed by atoms with van der Waals surface area (Å²) in [5, 5.41) is 0. The van der Waals surface area contributed by atoms with Gasteiger partial charge in [0, 0.05) is 6.21 Å². The molecule has 3 rings (SSSR count). The van der Waals surface area contributed by atoms with Crippen LogP contribution in [0.25, 0.3) is 0 Å². The number of aliphatic imine (C=N–C) groups is 1. The molecule has 0 aliphatic rings. The summed E-state index contributed by atoms with van der Waals surface area (Å²) in [6.07, 6.45) is 1.69. The van der Waals surface area contributed by atoms with Gasteiger partial charge in [0.05, 0.1) is 12.3 Å². The molecule has 0 spiro atoms. The van der Waals surface area contributed by atoms with Crippen LogP contribution in [0.2, 0.25) is 0 Å². The lowest BCUT2D eigenvalue weighted by atomic mass is 10.2. The highest BCUT2D eigenvalue weighted by atomic mass is 32.2. The van der Waals surface area contributed by atoms with Gasteiger partial charge in [-0.05, 0) is 55.0 Å². The fraction of sp³-hybridized carbons (Fsp3) is 0.0952. The minimum atomic E-state index is -3.94. The van der Waals surface area contributed by atoms with Crippen molar-refractivity contribution in [2.45, 2.75) is 11.8 Å². The lowest BCUT2D eigenvalue weighted by Crippen LogP contribution is -2.10. The first-order valence-electron chi connectivity index (χ1n) is 8.44. The Morgan fingerprint density at radius 1 is 0.889 bits per heavy atom. The Labute approximate surface area is 159 Å². The first kappa shape index (κ1) is 18.7. The summed E-state index contributed by atoms with van der Waals surface area (Å²) in [6, 6.07) is 22.5. The van der Waals surface area contributed by atoms with Crippen molar-refractivity contribution in [3.63, 3.8) is 0 Å². The van der Waals surface area contributed by atoms with Gasteiger partial charge in [-0.15, -0.1) is 0 Å². The summed E-state index contributed by atoms with van der Waals surface area (Å²) < 4.78 is 35.8. The van der Waals surface area contributed by atoms with E-state index in [-0.39, 0.29) is 10.6 Å². The molecule has 3 aromatic carbocycles. The first-order chi connectivity index (χ1) is 13.1. The predicted octanol–water partition coefficient (Wildman–Crippen LogP) is 4.60. The molecule has 0 bridgehead atoms. The van der Waals surface area contributed by atoms with Crippen LogP contribution in [0.5, 0.6) is 11.5 Å². The summed E-state index contributed by atoms with van der Waals surface area (Å²) in [5.41, 5.74) is 1.59. The van der Waals surface area contributed by atoms with Crippen LogP contribution < -0.4 is 8.92 Å². The van der Waals surface area contributed by atoms with E-state index in [0.717, 1.165) is 11.3 Å². The number of hydrogen-bond donors (Lipinski definition) is 0. The van der Waals surface area contributed by atoms with Crippen molar-refractivity contribution >= 4 is 22.0 Å². The number of benzene rings is 3. The first-order valence-corrected chi connectivity index (χ1v) is 9.85. The topological polar surface area (TPSA) is 65.0 Å². The molecule has 0 unspecified atom stereocenters. The van der Waals surface area contributed by atoms with Gasteiger partial charge in [0.15, 0.2) is 11.5 Å². The minimum absolute atomic E-state index is 0.0853. The molecule has 0 radical (unpaired) electrons. The molecule has 0 aliphatic carbocycles. The molecule has 0 aromatic heterocycles. The van der Waals surface area contributed by atoms with Crippen LogP contribution in [-0.4, -0.2) is 21.2 Å². The van der Waals surface area contributed by atoms with E-state index >= 15 is 0 Å². The fourth-order valence-electron chi connectivity index (χ4n) is 2.36. The molecule has 0 fully saturated rings. The Balaban J connectivity index is 1.87. The van der Waals surface area contributed by atoms with Crippen LogP contribution in [0.3, 0.4) is 0 Å². The van der Waals surface area contributed by atoms with E-state index in [2.05, 4.69) is 4.99 Å². The van der Waals surface area contributed by atoms with Gasteiger partial charge in [-0.3, -0.25) is 4.99 Å². The lowest BCUT2D eigenvalue weighted by molar-refractivity contribution is 0.327. The SMILES string of the molecule is CCOc1cc(C=Nc2ccccc2)ccc1OS(=O)(=O)c1ccccc1. The van der Waals surface area contributed by atoms with E-state index in [1.807, 2.05) is 37.3 Å². The molecule has 27 heavy (non-hydrogen) atoms. The number of para-hydroxylation sites is 1. The maximum Gasteiger partial charge on any atom is 0.339 e. The van der Waals surface area contributed by atoms with Crippen LogP contribution in [0.4, 0.5) is 5.69 Å². The minimum Gasteiger partial charge on any atom is -0.490 e. The summed E-state index contributed by atoms with van der Waals surface area (Å²) in [4.78, 5) is 4.48. The second-order valence-electron chi connectivity index (χ2n) is 5.58. The van der Waals surface area contributed by atoms with Gasteiger partial charge in [-0.1, -0.05) is 36.4 Å². The molecule has 0 aliphatic heterocycles. The third-order valence-corrected chi connectivity index (χ3v) is 4.87. The van der Waals surface area contributed by atoms with Gasteiger partial charge in [0.25, 0.3) is 0 Å². The molecule has 5 nitrogen and oxygen atoms in total. The molecule has 0 N–H and O–H groups in total. The Morgan fingerprint density at radius 2 is 1.56 bits per heavy atom. The van der Waals surface area contributed by atoms with E-state index in [1.54, 1.807) is 42.6 Å². The summed E-state index contributed by atoms with van der Waals surface area (Å²) in [5.74, 6) is 0.478. The summed E-state index contributed by atoms with van der Waals surface area (Å²) in [6.45, 7) is 2.20. The third-order valence-electron chi connectivity index (χ3n) is 3.62. The van der Waals surface area contributed by atoms with Gasteiger partial charge in [-0.2, -0.15) is 8.42 Å².